The van der Waals surface area contributed by atoms with E-state index in [0.717, 1.165) is 16.8 Å². The third-order valence-electron chi connectivity index (χ3n) is 6.27. The Labute approximate surface area is 196 Å². The first-order valence-corrected chi connectivity index (χ1v) is 11.3. The summed E-state index contributed by atoms with van der Waals surface area (Å²) in [6.07, 6.45) is -3.77. The second-order valence-electron chi connectivity index (χ2n) is 9.03. The average Bonchev–Trinajstić information content (AvgIpc) is 2.78. The fraction of sp³-hybridized carbons (Fsp3) is 0.500. The molecule has 0 bridgehead atoms. The fourth-order valence-electron chi connectivity index (χ4n) is 3.84. The van der Waals surface area contributed by atoms with Gasteiger partial charge in [0.15, 0.2) is 5.69 Å². The third kappa shape index (κ3) is 5.48. The molecule has 0 saturated carbocycles. The molecule has 0 aliphatic carbocycles. The molecule has 184 valence electrons. The number of aryl methyl sites for hydroxylation is 1. The zero-order valence-corrected chi connectivity index (χ0v) is 19.6. The summed E-state index contributed by atoms with van der Waals surface area (Å²) in [7, 11) is 0. The van der Waals surface area contributed by atoms with Gasteiger partial charge in [-0.3, -0.25) is 14.4 Å². The first-order valence-electron chi connectivity index (χ1n) is 11.3. The van der Waals surface area contributed by atoms with Crippen LogP contribution in [0.4, 0.5) is 13.2 Å². The maximum absolute atomic E-state index is 13.5. The number of alkyl halides is 3. The Morgan fingerprint density at radius 2 is 1.74 bits per heavy atom. The molecule has 2 heterocycles. The molecule has 0 radical (unpaired) electrons. The van der Waals surface area contributed by atoms with Gasteiger partial charge in [-0.05, 0) is 44.7 Å². The third-order valence-corrected chi connectivity index (χ3v) is 6.27. The highest BCUT2D eigenvalue weighted by molar-refractivity contribution is 5.92. The van der Waals surface area contributed by atoms with Gasteiger partial charge >= 0.3 is 6.18 Å². The van der Waals surface area contributed by atoms with Crippen molar-refractivity contribution in [1.82, 2.24) is 20.0 Å². The zero-order valence-electron chi connectivity index (χ0n) is 19.6. The Bertz CT molecular complexity index is 1120. The van der Waals surface area contributed by atoms with Gasteiger partial charge in [-0.15, -0.1) is 0 Å². The normalized spacial score (nSPS) is 15.9. The van der Waals surface area contributed by atoms with E-state index in [0.29, 0.717) is 18.8 Å². The molecule has 1 unspecified atom stereocenters. The van der Waals surface area contributed by atoms with Crippen LogP contribution in [0.15, 0.2) is 35.1 Å². The number of para-hydroxylation sites is 1. The predicted octanol–water partition coefficient (Wildman–Crippen LogP) is 3.57. The molecule has 1 fully saturated rings. The summed E-state index contributed by atoms with van der Waals surface area (Å²) in [4.78, 5) is 39.5. The second kappa shape index (κ2) is 9.99. The van der Waals surface area contributed by atoms with Crippen molar-refractivity contribution in [3.05, 3.63) is 57.5 Å². The molecule has 3 rings (SSSR count). The SMILES string of the molecule is Cc1cc(=O)c(C(=O)N2CCC(C(=O)NC(C)C(C)C)CC2)nn1-c1ccccc1C(F)(F)F. The summed E-state index contributed by atoms with van der Waals surface area (Å²) in [6, 6.07) is 6.00. The molecule has 1 atom stereocenters. The number of rotatable bonds is 5. The van der Waals surface area contributed by atoms with Gasteiger partial charge in [0, 0.05) is 36.8 Å². The van der Waals surface area contributed by atoms with Crippen molar-refractivity contribution in [3.63, 3.8) is 0 Å². The molecule has 1 aromatic carbocycles. The van der Waals surface area contributed by atoms with Crippen LogP contribution in [-0.2, 0) is 11.0 Å². The number of benzene rings is 1. The molecule has 10 heteroatoms. The zero-order chi connectivity index (χ0) is 25.2. The molecule has 0 spiro atoms. The molecular formula is C24H29F3N4O3. The molecule has 1 aliphatic heterocycles. The van der Waals surface area contributed by atoms with Crippen LogP contribution in [0.1, 0.15) is 55.4 Å². The van der Waals surface area contributed by atoms with Crippen LogP contribution in [0.2, 0.25) is 0 Å². The predicted molar refractivity (Wildman–Crippen MR) is 121 cm³/mol. The highest BCUT2D eigenvalue weighted by atomic mass is 19.4. The van der Waals surface area contributed by atoms with E-state index in [1.807, 2.05) is 20.8 Å². The monoisotopic (exact) mass is 478 g/mol. The Morgan fingerprint density at radius 1 is 1.12 bits per heavy atom. The van der Waals surface area contributed by atoms with Crippen molar-refractivity contribution >= 4 is 11.8 Å². The lowest BCUT2D eigenvalue weighted by Gasteiger charge is -2.32. The Hall–Kier alpha value is -3.17. The van der Waals surface area contributed by atoms with Gasteiger partial charge in [0.25, 0.3) is 5.91 Å². The van der Waals surface area contributed by atoms with E-state index in [2.05, 4.69) is 10.4 Å². The van der Waals surface area contributed by atoms with Crippen molar-refractivity contribution in [3.8, 4) is 5.69 Å². The number of carbonyl (C=O) groups is 2. The molecule has 2 amide bonds. The van der Waals surface area contributed by atoms with Crippen LogP contribution in [0, 0.1) is 18.8 Å². The van der Waals surface area contributed by atoms with Crippen LogP contribution in [0.3, 0.4) is 0 Å². The van der Waals surface area contributed by atoms with E-state index in [4.69, 9.17) is 0 Å². The Morgan fingerprint density at radius 3 is 2.32 bits per heavy atom. The topological polar surface area (TPSA) is 84.3 Å². The smallest absolute Gasteiger partial charge is 0.353 e. The fourth-order valence-corrected chi connectivity index (χ4v) is 3.84. The minimum Gasteiger partial charge on any atom is -0.353 e. The van der Waals surface area contributed by atoms with Crippen molar-refractivity contribution < 1.29 is 22.8 Å². The lowest BCUT2D eigenvalue weighted by atomic mass is 9.94. The van der Waals surface area contributed by atoms with E-state index in [-0.39, 0.29) is 42.3 Å². The number of amides is 2. The number of likely N-dealkylation sites (tertiary alicyclic amines) is 1. The number of halogens is 3. The van der Waals surface area contributed by atoms with Gasteiger partial charge in [-0.1, -0.05) is 26.0 Å². The molecule has 1 aliphatic rings. The standard InChI is InChI=1S/C24H29F3N4O3/c1-14(2)16(4)28-22(33)17-9-11-30(12-10-17)23(34)21-20(32)13-15(3)31(29-21)19-8-6-5-7-18(19)24(25,26)27/h5-8,13-14,16-17H,9-12H2,1-4H3,(H,28,33). The largest absolute Gasteiger partial charge is 0.418 e. The molecule has 34 heavy (non-hydrogen) atoms. The minimum atomic E-state index is -4.63. The van der Waals surface area contributed by atoms with Gasteiger partial charge in [-0.25, -0.2) is 4.68 Å². The molecule has 7 nitrogen and oxygen atoms in total. The average molecular weight is 479 g/mol. The van der Waals surface area contributed by atoms with Crippen LogP contribution in [0.5, 0.6) is 0 Å². The maximum atomic E-state index is 13.5. The van der Waals surface area contributed by atoms with Crippen LogP contribution in [-0.4, -0.2) is 45.6 Å². The summed E-state index contributed by atoms with van der Waals surface area (Å²) in [6.45, 7) is 7.92. The Kier molecular flexibility index (Phi) is 7.48. The van der Waals surface area contributed by atoms with Gasteiger partial charge in [0.1, 0.15) is 0 Å². The summed E-state index contributed by atoms with van der Waals surface area (Å²) in [5, 5.41) is 7.02. The van der Waals surface area contributed by atoms with Crippen LogP contribution < -0.4 is 10.7 Å². The maximum Gasteiger partial charge on any atom is 0.418 e. The highest BCUT2D eigenvalue weighted by Gasteiger charge is 2.35. The quantitative estimate of drug-likeness (QED) is 0.712. The number of nitrogens with zero attached hydrogens (tertiary/aromatic N) is 3. The van der Waals surface area contributed by atoms with Crippen molar-refractivity contribution in [2.75, 3.05) is 13.1 Å². The summed E-state index contributed by atoms with van der Waals surface area (Å²) < 4.78 is 41.5. The van der Waals surface area contributed by atoms with Gasteiger partial charge in [-0.2, -0.15) is 18.3 Å². The summed E-state index contributed by atoms with van der Waals surface area (Å²) in [5.74, 6) is -0.667. The lowest BCUT2D eigenvalue weighted by molar-refractivity contribution is -0.137. The van der Waals surface area contributed by atoms with Crippen molar-refractivity contribution in [2.45, 2.75) is 52.8 Å². The van der Waals surface area contributed by atoms with Gasteiger partial charge in [0.05, 0.1) is 11.3 Å². The number of nitrogens with one attached hydrogen (secondary N) is 1. The van der Waals surface area contributed by atoms with E-state index >= 15 is 0 Å². The van der Waals surface area contributed by atoms with E-state index in [1.54, 1.807) is 0 Å². The number of hydrogen-bond acceptors (Lipinski definition) is 4. The minimum absolute atomic E-state index is 0.0296. The van der Waals surface area contributed by atoms with E-state index in [9.17, 15) is 27.6 Å². The van der Waals surface area contributed by atoms with Crippen LogP contribution in [0.25, 0.3) is 5.69 Å². The van der Waals surface area contributed by atoms with E-state index in [1.165, 1.54) is 30.0 Å². The lowest BCUT2D eigenvalue weighted by Crippen LogP contribution is -2.46. The number of hydrogen-bond donors (Lipinski definition) is 1. The molecule has 1 saturated heterocycles. The van der Waals surface area contributed by atoms with Crippen LogP contribution >= 0.6 is 0 Å². The molecule has 2 aromatic rings. The van der Waals surface area contributed by atoms with Crippen molar-refractivity contribution in [2.24, 2.45) is 11.8 Å². The highest BCUT2D eigenvalue weighted by Crippen LogP contribution is 2.33. The number of carbonyl (C=O) groups excluding carboxylic acids is 2. The summed E-state index contributed by atoms with van der Waals surface area (Å²) in [5.41, 5.74) is -2.12. The van der Waals surface area contributed by atoms with Gasteiger partial charge in [0.2, 0.25) is 11.3 Å². The molecule has 1 aromatic heterocycles. The molecule has 1 N–H and O–H groups in total. The molecular weight excluding hydrogens is 449 g/mol. The van der Waals surface area contributed by atoms with Crippen molar-refractivity contribution in [1.29, 1.82) is 0 Å². The van der Waals surface area contributed by atoms with E-state index < -0.39 is 28.8 Å². The number of aromatic nitrogens is 2. The van der Waals surface area contributed by atoms with Gasteiger partial charge < -0.3 is 10.2 Å². The number of piperidine rings is 1. The Balaban J connectivity index is 1.81. The first-order chi connectivity index (χ1) is 15.9. The first kappa shape index (κ1) is 25.5. The summed E-state index contributed by atoms with van der Waals surface area (Å²) >= 11 is 0. The second-order valence-corrected chi connectivity index (χ2v) is 9.03.